The van der Waals surface area contributed by atoms with E-state index in [2.05, 4.69) is 4.99 Å². The minimum Gasteiger partial charge on any atom is -0.387 e. The van der Waals surface area contributed by atoms with Gasteiger partial charge in [-0.3, -0.25) is 0 Å². The summed E-state index contributed by atoms with van der Waals surface area (Å²) in [6.45, 7) is 3.55. The average molecular weight is 215 g/mol. The summed E-state index contributed by atoms with van der Waals surface area (Å²) in [6, 6.07) is 2.83. The molecule has 0 unspecified atom stereocenters. The second kappa shape index (κ2) is 4.42. The van der Waals surface area contributed by atoms with Crippen molar-refractivity contribution in [3.05, 3.63) is 28.5 Å². The van der Waals surface area contributed by atoms with Crippen LogP contribution in [0, 0.1) is 12.7 Å². The van der Waals surface area contributed by atoms with E-state index >= 15 is 0 Å². The van der Waals surface area contributed by atoms with Gasteiger partial charge in [-0.25, -0.2) is 9.38 Å². The summed E-state index contributed by atoms with van der Waals surface area (Å²) in [4.78, 5) is 4.07. The van der Waals surface area contributed by atoms with Gasteiger partial charge in [-0.15, -0.1) is 0 Å². The number of hydrogen-bond acceptors (Lipinski definition) is 1. The first-order chi connectivity index (χ1) is 6.54. The average Bonchev–Trinajstić information content (AvgIpc) is 2.14. The van der Waals surface area contributed by atoms with Crippen LogP contribution in [0.1, 0.15) is 18.9 Å². The first-order valence-electron chi connectivity index (χ1n) is 4.33. The van der Waals surface area contributed by atoms with Crippen LogP contribution in [0.15, 0.2) is 17.1 Å². The standard InChI is InChI=1S/C10H12ClFN2/c1-3-10(13)14-9-4-6(2)8(12)5-7(9)11/h4-5H,3H2,1-2H3,(H2,13,14). The number of benzene rings is 1. The minimum atomic E-state index is -0.330. The highest BCUT2D eigenvalue weighted by atomic mass is 35.5. The van der Waals surface area contributed by atoms with Crippen LogP contribution in [0.25, 0.3) is 0 Å². The number of amidine groups is 1. The summed E-state index contributed by atoms with van der Waals surface area (Å²) in [5, 5.41) is 0.282. The van der Waals surface area contributed by atoms with Gasteiger partial charge < -0.3 is 5.73 Å². The van der Waals surface area contributed by atoms with Crippen LogP contribution >= 0.6 is 11.6 Å². The Kier molecular flexibility index (Phi) is 3.47. The summed E-state index contributed by atoms with van der Waals surface area (Å²) in [5.41, 5.74) is 6.59. The van der Waals surface area contributed by atoms with Crippen LogP contribution in [-0.2, 0) is 0 Å². The summed E-state index contributed by atoms with van der Waals surface area (Å²) < 4.78 is 13.0. The Morgan fingerprint density at radius 3 is 2.79 bits per heavy atom. The van der Waals surface area contributed by atoms with E-state index in [9.17, 15) is 4.39 Å². The molecule has 0 aliphatic heterocycles. The fourth-order valence-electron chi connectivity index (χ4n) is 0.961. The molecule has 1 aromatic rings. The van der Waals surface area contributed by atoms with Crippen molar-refractivity contribution in [2.75, 3.05) is 0 Å². The van der Waals surface area contributed by atoms with Crippen molar-refractivity contribution < 1.29 is 4.39 Å². The van der Waals surface area contributed by atoms with Gasteiger partial charge >= 0.3 is 0 Å². The van der Waals surface area contributed by atoms with Crippen molar-refractivity contribution >= 4 is 23.1 Å². The van der Waals surface area contributed by atoms with Crippen LogP contribution in [0.3, 0.4) is 0 Å². The summed E-state index contributed by atoms with van der Waals surface area (Å²) in [5.74, 6) is 0.155. The van der Waals surface area contributed by atoms with Gasteiger partial charge in [-0.1, -0.05) is 18.5 Å². The monoisotopic (exact) mass is 214 g/mol. The third-order valence-electron chi connectivity index (χ3n) is 1.85. The van der Waals surface area contributed by atoms with Crippen molar-refractivity contribution in [1.82, 2.24) is 0 Å². The molecule has 0 saturated heterocycles. The SMILES string of the molecule is CCC(N)=Nc1cc(C)c(F)cc1Cl. The fraction of sp³-hybridized carbons (Fsp3) is 0.300. The number of rotatable bonds is 2. The number of aliphatic imine (C=N–C) groups is 1. The predicted octanol–water partition coefficient (Wildman–Crippen LogP) is 3.19. The molecule has 0 bridgehead atoms. The Morgan fingerprint density at radius 2 is 2.21 bits per heavy atom. The van der Waals surface area contributed by atoms with Gasteiger partial charge in [0.05, 0.1) is 16.5 Å². The topological polar surface area (TPSA) is 38.4 Å². The first-order valence-corrected chi connectivity index (χ1v) is 4.71. The van der Waals surface area contributed by atoms with Gasteiger partial charge in [0.2, 0.25) is 0 Å². The molecular formula is C10H12ClFN2. The molecule has 14 heavy (non-hydrogen) atoms. The molecule has 1 aromatic carbocycles. The summed E-state index contributed by atoms with van der Waals surface area (Å²) >= 11 is 5.80. The molecule has 0 aliphatic rings. The molecule has 0 heterocycles. The van der Waals surface area contributed by atoms with E-state index in [0.29, 0.717) is 23.5 Å². The van der Waals surface area contributed by atoms with Crippen molar-refractivity contribution in [2.24, 2.45) is 10.7 Å². The quantitative estimate of drug-likeness (QED) is 0.596. The Bertz CT molecular complexity index is 375. The van der Waals surface area contributed by atoms with Gasteiger partial charge in [0, 0.05) is 6.42 Å². The molecule has 2 nitrogen and oxygen atoms in total. The molecule has 0 atom stereocenters. The van der Waals surface area contributed by atoms with Gasteiger partial charge in [-0.05, 0) is 24.6 Å². The fourth-order valence-corrected chi connectivity index (χ4v) is 1.15. The van der Waals surface area contributed by atoms with E-state index in [4.69, 9.17) is 17.3 Å². The summed E-state index contributed by atoms with van der Waals surface area (Å²) in [7, 11) is 0. The second-order valence-corrected chi connectivity index (χ2v) is 3.42. The zero-order chi connectivity index (χ0) is 10.7. The van der Waals surface area contributed by atoms with Gasteiger partial charge in [0.15, 0.2) is 0 Å². The smallest absolute Gasteiger partial charge is 0.127 e. The zero-order valence-corrected chi connectivity index (χ0v) is 8.90. The number of halogens is 2. The number of nitrogens with zero attached hydrogens (tertiary/aromatic N) is 1. The third kappa shape index (κ3) is 2.45. The lowest BCUT2D eigenvalue weighted by molar-refractivity contribution is 0.619. The largest absolute Gasteiger partial charge is 0.387 e. The Hall–Kier alpha value is -1.09. The molecular weight excluding hydrogens is 203 g/mol. The van der Waals surface area contributed by atoms with Crippen LogP contribution in [0.2, 0.25) is 5.02 Å². The maximum absolute atomic E-state index is 13.0. The first kappa shape index (κ1) is 11.0. The molecule has 0 radical (unpaired) electrons. The van der Waals surface area contributed by atoms with E-state index in [1.165, 1.54) is 6.07 Å². The second-order valence-electron chi connectivity index (χ2n) is 3.01. The van der Waals surface area contributed by atoms with Crippen LogP contribution in [-0.4, -0.2) is 5.84 Å². The van der Waals surface area contributed by atoms with E-state index in [0.717, 1.165) is 0 Å². The summed E-state index contributed by atoms with van der Waals surface area (Å²) in [6.07, 6.45) is 0.646. The number of aryl methyl sites for hydroxylation is 1. The predicted molar refractivity (Wildman–Crippen MR) is 57.7 cm³/mol. The normalized spacial score (nSPS) is 11.9. The van der Waals surface area contributed by atoms with E-state index in [1.807, 2.05) is 6.92 Å². The van der Waals surface area contributed by atoms with Crippen LogP contribution in [0.5, 0.6) is 0 Å². The lowest BCUT2D eigenvalue weighted by Gasteiger charge is -2.02. The Labute approximate surface area is 87.6 Å². The zero-order valence-electron chi connectivity index (χ0n) is 8.14. The third-order valence-corrected chi connectivity index (χ3v) is 2.16. The van der Waals surface area contributed by atoms with Crippen molar-refractivity contribution in [3.8, 4) is 0 Å². The van der Waals surface area contributed by atoms with Crippen molar-refractivity contribution in [1.29, 1.82) is 0 Å². The van der Waals surface area contributed by atoms with E-state index < -0.39 is 0 Å². The van der Waals surface area contributed by atoms with E-state index in [1.54, 1.807) is 13.0 Å². The lowest BCUT2D eigenvalue weighted by atomic mass is 10.2. The minimum absolute atomic E-state index is 0.282. The Morgan fingerprint density at radius 1 is 1.57 bits per heavy atom. The van der Waals surface area contributed by atoms with E-state index in [-0.39, 0.29) is 10.8 Å². The molecule has 0 aliphatic carbocycles. The molecule has 2 N–H and O–H groups in total. The van der Waals surface area contributed by atoms with Crippen LogP contribution in [0.4, 0.5) is 10.1 Å². The number of hydrogen-bond donors (Lipinski definition) is 1. The molecule has 4 heteroatoms. The molecule has 1 rings (SSSR count). The highest BCUT2D eigenvalue weighted by Crippen LogP contribution is 2.27. The molecule has 0 aromatic heterocycles. The van der Waals surface area contributed by atoms with Crippen molar-refractivity contribution in [2.45, 2.75) is 20.3 Å². The van der Waals surface area contributed by atoms with Gasteiger partial charge in [0.25, 0.3) is 0 Å². The molecule has 0 amide bonds. The Balaban J connectivity index is 3.16. The maximum atomic E-state index is 13.0. The highest BCUT2D eigenvalue weighted by molar-refractivity contribution is 6.33. The number of nitrogens with two attached hydrogens (primary N) is 1. The molecule has 76 valence electrons. The molecule has 0 spiro atoms. The molecule has 0 saturated carbocycles. The van der Waals surface area contributed by atoms with Gasteiger partial charge in [-0.2, -0.15) is 0 Å². The molecule has 0 fully saturated rings. The lowest BCUT2D eigenvalue weighted by Crippen LogP contribution is -2.08. The highest BCUT2D eigenvalue weighted by Gasteiger charge is 2.04. The van der Waals surface area contributed by atoms with Gasteiger partial charge in [0.1, 0.15) is 5.82 Å². The van der Waals surface area contributed by atoms with Crippen molar-refractivity contribution in [3.63, 3.8) is 0 Å². The van der Waals surface area contributed by atoms with Crippen LogP contribution < -0.4 is 5.73 Å². The maximum Gasteiger partial charge on any atom is 0.127 e.